The molecule has 5 aromatic rings. The SMILES string of the molecule is COCn1nc(-c2ccc(F)cc2)cc1-c1c(F)cccc1C(=O)N[C@@H]([C@@H](COCc1ccccc1)OC)C(F)(F)c1ccccn1. The van der Waals surface area contributed by atoms with Gasteiger partial charge in [-0.3, -0.25) is 9.78 Å². The third kappa shape index (κ3) is 7.74. The second-order valence-corrected chi connectivity index (χ2v) is 10.6. The van der Waals surface area contributed by atoms with Gasteiger partial charge in [0.2, 0.25) is 0 Å². The molecular formula is C35H32F4N4O4. The van der Waals surface area contributed by atoms with Gasteiger partial charge < -0.3 is 19.5 Å². The van der Waals surface area contributed by atoms with Gasteiger partial charge in [0.15, 0.2) is 0 Å². The summed E-state index contributed by atoms with van der Waals surface area (Å²) in [5, 5.41) is 6.87. The number of benzene rings is 3. The molecular weight excluding hydrogens is 616 g/mol. The molecule has 0 saturated heterocycles. The van der Waals surface area contributed by atoms with Crippen molar-refractivity contribution >= 4 is 5.91 Å². The van der Waals surface area contributed by atoms with Crippen molar-refractivity contribution < 1.29 is 36.6 Å². The number of hydrogen-bond acceptors (Lipinski definition) is 6. The van der Waals surface area contributed by atoms with E-state index in [9.17, 15) is 9.18 Å². The number of amides is 1. The zero-order valence-electron chi connectivity index (χ0n) is 25.6. The first kappa shape index (κ1) is 33.5. The Balaban J connectivity index is 1.51. The first-order valence-corrected chi connectivity index (χ1v) is 14.6. The number of methoxy groups -OCH3 is 2. The van der Waals surface area contributed by atoms with Gasteiger partial charge in [0.05, 0.1) is 30.2 Å². The van der Waals surface area contributed by atoms with Crippen molar-refractivity contribution in [1.29, 1.82) is 0 Å². The Bertz CT molecular complexity index is 1770. The Morgan fingerprint density at radius 2 is 1.68 bits per heavy atom. The molecule has 3 aromatic carbocycles. The van der Waals surface area contributed by atoms with Gasteiger partial charge in [-0.15, -0.1) is 0 Å². The maximum atomic E-state index is 16.2. The largest absolute Gasteiger partial charge is 0.377 e. The molecule has 0 aliphatic heterocycles. The van der Waals surface area contributed by atoms with Crippen LogP contribution in [0.1, 0.15) is 21.6 Å². The molecule has 244 valence electrons. The van der Waals surface area contributed by atoms with E-state index in [1.54, 1.807) is 0 Å². The lowest BCUT2D eigenvalue weighted by atomic mass is 9.97. The topological polar surface area (TPSA) is 87.5 Å². The van der Waals surface area contributed by atoms with Crippen LogP contribution >= 0.6 is 0 Å². The third-order valence-corrected chi connectivity index (χ3v) is 7.44. The number of carbonyl (C=O) groups excluding carboxylic acids is 1. The van der Waals surface area contributed by atoms with Crippen LogP contribution in [0.3, 0.4) is 0 Å². The van der Waals surface area contributed by atoms with E-state index in [1.807, 2.05) is 30.3 Å². The average Bonchev–Trinajstić information content (AvgIpc) is 3.50. The molecule has 8 nitrogen and oxygen atoms in total. The van der Waals surface area contributed by atoms with Gasteiger partial charge in [0.25, 0.3) is 5.91 Å². The molecule has 0 saturated carbocycles. The highest BCUT2D eigenvalue weighted by atomic mass is 19.3. The second-order valence-electron chi connectivity index (χ2n) is 10.6. The highest BCUT2D eigenvalue weighted by molar-refractivity contribution is 6.01. The minimum atomic E-state index is -3.74. The van der Waals surface area contributed by atoms with Gasteiger partial charge in [-0.25, -0.2) is 13.5 Å². The standard InChI is InChI=1S/C35H32F4N4O4/c1-45-22-43-29(19-28(42-43)24-14-16-25(36)17-15-24)32-26(11-8-12-27(32)37)34(44)41-33(35(38,39)31-13-6-7-18-40-31)30(46-2)21-47-20-23-9-4-3-5-10-23/h3-19,30,33H,20-22H2,1-2H3,(H,41,44)/t30-,33+/m1/s1. The number of alkyl halides is 2. The van der Waals surface area contributed by atoms with E-state index in [4.69, 9.17) is 14.2 Å². The summed E-state index contributed by atoms with van der Waals surface area (Å²) in [7, 11) is 2.64. The zero-order chi connectivity index (χ0) is 33.4. The Kier molecular flexibility index (Phi) is 10.8. The molecule has 0 unspecified atom stereocenters. The van der Waals surface area contributed by atoms with Crippen molar-refractivity contribution in [3.05, 3.63) is 132 Å². The monoisotopic (exact) mass is 648 g/mol. The Morgan fingerprint density at radius 3 is 2.36 bits per heavy atom. The molecule has 2 aromatic heterocycles. The molecule has 5 rings (SSSR count). The average molecular weight is 649 g/mol. The maximum absolute atomic E-state index is 16.2. The summed E-state index contributed by atoms with van der Waals surface area (Å²) in [5.41, 5.74) is 0.789. The molecule has 0 aliphatic carbocycles. The smallest absolute Gasteiger partial charge is 0.312 e. The Labute approximate surface area is 268 Å². The van der Waals surface area contributed by atoms with E-state index in [1.165, 1.54) is 79.7 Å². The van der Waals surface area contributed by atoms with Crippen molar-refractivity contribution in [1.82, 2.24) is 20.1 Å². The number of halogens is 4. The lowest BCUT2D eigenvalue weighted by molar-refractivity contribution is -0.113. The van der Waals surface area contributed by atoms with Gasteiger partial charge in [0, 0.05) is 31.5 Å². The number of nitrogens with zero attached hydrogens (tertiary/aromatic N) is 3. The summed E-state index contributed by atoms with van der Waals surface area (Å²) < 4.78 is 79.5. The van der Waals surface area contributed by atoms with E-state index in [0.29, 0.717) is 11.3 Å². The summed E-state index contributed by atoms with van der Waals surface area (Å²) in [6.45, 7) is -0.322. The number of carbonyl (C=O) groups is 1. The minimum absolute atomic E-state index is 0.116. The molecule has 0 radical (unpaired) electrons. The normalized spacial score (nSPS) is 12.9. The van der Waals surface area contributed by atoms with Crippen LogP contribution in [0.25, 0.3) is 22.5 Å². The predicted molar refractivity (Wildman–Crippen MR) is 166 cm³/mol. The van der Waals surface area contributed by atoms with Crippen LogP contribution in [0.4, 0.5) is 17.6 Å². The quantitative estimate of drug-likeness (QED) is 0.136. The van der Waals surface area contributed by atoms with Crippen LogP contribution in [-0.2, 0) is 33.5 Å². The lowest BCUT2D eigenvalue weighted by Gasteiger charge is -2.33. The first-order chi connectivity index (χ1) is 22.7. The summed E-state index contributed by atoms with van der Waals surface area (Å²) in [4.78, 5) is 17.8. The minimum Gasteiger partial charge on any atom is -0.377 e. The highest BCUT2D eigenvalue weighted by Gasteiger charge is 2.48. The van der Waals surface area contributed by atoms with Crippen LogP contribution < -0.4 is 5.32 Å². The molecule has 0 aliphatic rings. The van der Waals surface area contributed by atoms with E-state index in [-0.39, 0.29) is 36.8 Å². The molecule has 1 amide bonds. The maximum Gasteiger partial charge on any atom is 0.312 e. The predicted octanol–water partition coefficient (Wildman–Crippen LogP) is 6.62. The number of aromatic nitrogens is 3. The molecule has 2 heterocycles. The summed E-state index contributed by atoms with van der Waals surface area (Å²) in [5.74, 6) is -5.99. The number of hydrogen-bond donors (Lipinski definition) is 1. The second kappa shape index (κ2) is 15.1. The Morgan fingerprint density at radius 1 is 0.936 bits per heavy atom. The number of ether oxygens (including phenoxy) is 3. The molecule has 0 fully saturated rings. The van der Waals surface area contributed by atoms with Gasteiger partial charge in [-0.05, 0) is 60.2 Å². The molecule has 2 atom stereocenters. The van der Waals surface area contributed by atoms with Crippen LogP contribution in [0.2, 0.25) is 0 Å². The first-order valence-electron chi connectivity index (χ1n) is 14.6. The van der Waals surface area contributed by atoms with Crippen molar-refractivity contribution in [2.45, 2.75) is 31.4 Å². The van der Waals surface area contributed by atoms with Crippen LogP contribution in [0.15, 0.2) is 103 Å². The Hall–Kier alpha value is -4.91. The van der Waals surface area contributed by atoms with Gasteiger partial charge >= 0.3 is 5.92 Å². The van der Waals surface area contributed by atoms with Crippen molar-refractivity contribution in [3.8, 4) is 22.5 Å². The lowest BCUT2D eigenvalue weighted by Crippen LogP contribution is -2.55. The van der Waals surface area contributed by atoms with Crippen LogP contribution in [0, 0.1) is 11.6 Å². The van der Waals surface area contributed by atoms with E-state index >= 15 is 13.2 Å². The van der Waals surface area contributed by atoms with Gasteiger partial charge in [0.1, 0.15) is 36.2 Å². The third-order valence-electron chi connectivity index (χ3n) is 7.44. The zero-order valence-corrected chi connectivity index (χ0v) is 25.6. The number of pyridine rings is 1. The number of rotatable bonds is 14. The molecule has 47 heavy (non-hydrogen) atoms. The fraction of sp³-hybridized carbons (Fsp3) is 0.229. The summed E-state index contributed by atoms with van der Waals surface area (Å²) in [6.07, 6.45) is -0.128. The molecule has 12 heteroatoms. The van der Waals surface area contributed by atoms with Crippen molar-refractivity contribution in [2.75, 3.05) is 20.8 Å². The molecule has 0 bridgehead atoms. The molecule has 1 N–H and O–H groups in total. The van der Waals surface area contributed by atoms with Crippen LogP contribution in [0.5, 0.6) is 0 Å². The van der Waals surface area contributed by atoms with Gasteiger partial charge in [-0.1, -0.05) is 42.5 Å². The van der Waals surface area contributed by atoms with E-state index < -0.39 is 41.3 Å². The van der Waals surface area contributed by atoms with E-state index in [0.717, 1.165) is 17.7 Å². The summed E-state index contributed by atoms with van der Waals surface area (Å²) >= 11 is 0. The highest BCUT2D eigenvalue weighted by Crippen LogP contribution is 2.35. The van der Waals surface area contributed by atoms with E-state index in [2.05, 4.69) is 15.4 Å². The van der Waals surface area contributed by atoms with Crippen molar-refractivity contribution in [2.24, 2.45) is 0 Å². The summed E-state index contributed by atoms with van der Waals surface area (Å²) in [6, 6.07) is 22.0. The number of nitrogens with one attached hydrogen (secondary N) is 1. The van der Waals surface area contributed by atoms with Crippen LogP contribution in [-0.4, -0.2) is 53.6 Å². The fourth-order valence-corrected chi connectivity index (χ4v) is 5.10. The van der Waals surface area contributed by atoms with Crippen molar-refractivity contribution in [3.63, 3.8) is 0 Å². The molecule has 0 spiro atoms. The van der Waals surface area contributed by atoms with Gasteiger partial charge in [-0.2, -0.15) is 13.9 Å². The fourth-order valence-electron chi connectivity index (χ4n) is 5.10.